The van der Waals surface area contributed by atoms with Crippen LogP contribution in [-0.4, -0.2) is 17.9 Å². The van der Waals surface area contributed by atoms with Crippen LogP contribution in [0, 0.1) is 6.92 Å². The topological polar surface area (TPSA) is 80.6 Å². The first-order valence-electron chi connectivity index (χ1n) is 10.1. The molecule has 0 aliphatic heterocycles. The van der Waals surface area contributed by atoms with Crippen molar-refractivity contribution in [1.82, 2.24) is 0 Å². The van der Waals surface area contributed by atoms with E-state index in [1.165, 1.54) is 0 Å². The first-order chi connectivity index (χ1) is 15.8. The smallest absolute Gasteiger partial charge is 0.291 e. The number of nitrogens with one attached hydrogen (secondary N) is 2. The van der Waals surface area contributed by atoms with Crippen LogP contribution in [0.4, 0.5) is 11.4 Å². The fourth-order valence-corrected chi connectivity index (χ4v) is 3.67. The Morgan fingerprint density at radius 2 is 1.76 bits per heavy atom. The number of amides is 2. The summed E-state index contributed by atoms with van der Waals surface area (Å²) in [6.07, 6.45) is -0.795. The van der Waals surface area contributed by atoms with Gasteiger partial charge in [-0.05, 0) is 67.9 Å². The molecular weight excluding hydrogens is 463 g/mol. The number of carbonyl (C=O) groups is 2. The summed E-state index contributed by atoms with van der Waals surface area (Å²) in [5.41, 5.74) is 2.59. The largest absolute Gasteiger partial charge is 0.479 e. The highest BCUT2D eigenvalue weighted by molar-refractivity contribution is 6.35. The molecule has 2 N–H and O–H groups in total. The first-order valence-corrected chi connectivity index (χ1v) is 10.9. The van der Waals surface area contributed by atoms with E-state index in [1.54, 1.807) is 55.5 Å². The van der Waals surface area contributed by atoms with E-state index in [0.717, 1.165) is 10.9 Å². The van der Waals surface area contributed by atoms with E-state index in [1.807, 2.05) is 25.1 Å². The number of ether oxygens (including phenoxy) is 1. The molecule has 2 amide bonds. The minimum atomic E-state index is -0.795. The van der Waals surface area contributed by atoms with Gasteiger partial charge in [0.2, 0.25) is 0 Å². The summed E-state index contributed by atoms with van der Waals surface area (Å²) in [4.78, 5) is 25.2. The second-order valence-corrected chi connectivity index (χ2v) is 8.30. The third kappa shape index (κ3) is 5.30. The zero-order valence-electron chi connectivity index (χ0n) is 17.8. The summed E-state index contributed by atoms with van der Waals surface area (Å²) >= 11 is 12.0. The molecule has 4 rings (SSSR count). The lowest BCUT2D eigenvalue weighted by Gasteiger charge is -2.16. The van der Waals surface area contributed by atoms with Crippen molar-refractivity contribution < 1.29 is 18.7 Å². The van der Waals surface area contributed by atoms with E-state index < -0.39 is 6.10 Å². The van der Waals surface area contributed by atoms with Gasteiger partial charge in [-0.1, -0.05) is 41.4 Å². The van der Waals surface area contributed by atoms with Crippen LogP contribution in [0.15, 0.2) is 71.1 Å². The molecule has 4 aromatic rings. The van der Waals surface area contributed by atoms with Gasteiger partial charge in [0.05, 0.1) is 5.02 Å². The molecule has 0 unspecified atom stereocenters. The second kappa shape index (κ2) is 9.57. The molecule has 8 heteroatoms. The molecule has 0 aliphatic rings. The molecule has 1 aromatic heterocycles. The van der Waals surface area contributed by atoms with Gasteiger partial charge in [-0.15, -0.1) is 0 Å². The Balaban J connectivity index is 1.40. The number of para-hydroxylation sites is 1. The van der Waals surface area contributed by atoms with E-state index in [-0.39, 0.29) is 17.6 Å². The normalized spacial score (nSPS) is 11.8. The minimum Gasteiger partial charge on any atom is -0.479 e. The van der Waals surface area contributed by atoms with E-state index in [0.29, 0.717) is 32.8 Å². The fraction of sp³-hybridized carbons (Fsp3) is 0.120. The molecule has 168 valence electrons. The van der Waals surface area contributed by atoms with E-state index in [2.05, 4.69) is 10.6 Å². The van der Waals surface area contributed by atoms with Crippen molar-refractivity contribution in [1.29, 1.82) is 0 Å². The molecule has 0 bridgehead atoms. The van der Waals surface area contributed by atoms with E-state index >= 15 is 0 Å². The molecule has 1 heterocycles. The summed E-state index contributed by atoms with van der Waals surface area (Å²) in [6.45, 7) is 3.45. The van der Waals surface area contributed by atoms with Crippen molar-refractivity contribution in [2.75, 3.05) is 10.6 Å². The highest BCUT2D eigenvalue weighted by Gasteiger charge is 2.18. The third-order valence-electron chi connectivity index (χ3n) is 4.96. The maximum Gasteiger partial charge on any atom is 0.291 e. The Hall–Kier alpha value is -3.48. The molecule has 6 nitrogen and oxygen atoms in total. The highest BCUT2D eigenvalue weighted by Crippen LogP contribution is 2.29. The van der Waals surface area contributed by atoms with Crippen molar-refractivity contribution >= 4 is 57.4 Å². The molecule has 0 spiro atoms. The molecule has 0 radical (unpaired) electrons. The number of hydrogen-bond acceptors (Lipinski definition) is 4. The monoisotopic (exact) mass is 482 g/mol. The van der Waals surface area contributed by atoms with Gasteiger partial charge < -0.3 is 19.8 Å². The quantitative estimate of drug-likeness (QED) is 0.320. The van der Waals surface area contributed by atoms with Crippen LogP contribution in [0.3, 0.4) is 0 Å². The van der Waals surface area contributed by atoms with Crippen molar-refractivity contribution in [3.8, 4) is 5.75 Å². The van der Waals surface area contributed by atoms with Crippen LogP contribution in [0.25, 0.3) is 11.0 Å². The Bertz CT molecular complexity index is 1320. The average Bonchev–Trinajstić information content (AvgIpc) is 3.22. The summed E-state index contributed by atoms with van der Waals surface area (Å²) in [7, 11) is 0. The summed E-state index contributed by atoms with van der Waals surface area (Å²) < 4.78 is 11.3. The third-order valence-corrected chi connectivity index (χ3v) is 5.49. The van der Waals surface area contributed by atoms with E-state index in [4.69, 9.17) is 32.4 Å². The Morgan fingerprint density at radius 1 is 0.970 bits per heavy atom. The first kappa shape index (κ1) is 22.7. The number of halogens is 2. The van der Waals surface area contributed by atoms with Crippen LogP contribution in [0.5, 0.6) is 5.75 Å². The maximum atomic E-state index is 12.6. The Kier molecular flexibility index (Phi) is 6.58. The van der Waals surface area contributed by atoms with Gasteiger partial charge in [-0.2, -0.15) is 0 Å². The van der Waals surface area contributed by atoms with Crippen LogP contribution in [0.1, 0.15) is 23.0 Å². The Labute approximate surface area is 200 Å². The SMILES string of the molecule is Cc1cc(NC(=O)[C@@H](C)Oc2ccc(Cl)cc2Cl)ccc1NC(=O)c1cc2ccccc2o1. The summed E-state index contributed by atoms with van der Waals surface area (Å²) in [5.74, 6) is -0.115. The summed E-state index contributed by atoms with van der Waals surface area (Å²) in [5, 5.41) is 7.29. The lowest BCUT2D eigenvalue weighted by Crippen LogP contribution is -2.30. The number of rotatable bonds is 6. The van der Waals surface area contributed by atoms with Crippen LogP contribution >= 0.6 is 23.2 Å². The fourth-order valence-electron chi connectivity index (χ4n) is 3.22. The molecule has 3 aromatic carbocycles. The number of anilines is 2. The highest BCUT2D eigenvalue weighted by atomic mass is 35.5. The second-order valence-electron chi connectivity index (χ2n) is 7.46. The molecule has 1 atom stereocenters. The van der Waals surface area contributed by atoms with Gasteiger partial charge in [-0.3, -0.25) is 9.59 Å². The molecular formula is C25H20Cl2N2O4. The lowest BCUT2D eigenvalue weighted by atomic mass is 10.1. The summed E-state index contributed by atoms with van der Waals surface area (Å²) in [6, 6.07) is 19.1. The molecule has 0 aliphatic carbocycles. The van der Waals surface area contributed by atoms with Crippen molar-refractivity contribution in [3.05, 3.63) is 88.1 Å². The Morgan fingerprint density at radius 3 is 2.48 bits per heavy atom. The molecule has 0 fully saturated rings. The molecule has 33 heavy (non-hydrogen) atoms. The lowest BCUT2D eigenvalue weighted by molar-refractivity contribution is -0.122. The molecule has 0 saturated heterocycles. The van der Waals surface area contributed by atoms with Gasteiger partial charge in [0.15, 0.2) is 11.9 Å². The van der Waals surface area contributed by atoms with E-state index in [9.17, 15) is 9.59 Å². The van der Waals surface area contributed by atoms with Gasteiger partial charge >= 0.3 is 0 Å². The van der Waals surface area contributed by atoms with Crippen molar-refractivity contribution in [3.63, 3.8) is 0 Å². The number of carbonyl (C=O) groups excluding carboxylic acids is 2. The van der Waals surface area contributed by atoms with Gasteiger partial charge in [0.25, 0.3) is 11.8 Å². The predicted octanol–water partition coefficient (Wildman–Crippen LogP) is 6.71. The van der Waals surface area contributed by atoms with Crippen molar-refractivity contribution in [2.45, 2.75) is 20.0 Å². The maximum absolute atomic E-state index is 12.6. The van der Waals surface area contributed by atoms with Gasteiger partial charge in [0.1, 0.15) is 11.3 Å². The minimum absolute atomic E-state index is 0.222. The van der Waals surface area contributed by atoms with Crippen molar-refractivity contribution in [2.24, 2.45) is 0 Å². The number of benzene rings is 3. The van der Waals surface area contributed by atoms with Gasteiger partial charge in [-0.25, -0.2) is 0 Å². The molecule has 0 saturated carbocycles. The van der Waals surface area contributed by atoms with Crippen LogP contribution in [0.2, 0.25) is 10.0 Å². The number of aryl methyl sites for hydroxylation is 1. The van der Waals surface area contributed by atoms with Crippen LogP contribution in [-0.2, 0) is 4.79 Å². The predicted molar refractivity (Wildman–Crippen MR) is 131 cm³/mol. The van der Waals surface area contributed by atoms with Crippen LogP contribution < -0.4 is 15.4 Å². The standard InChI is InChI=1S/C25H20Cl2N2O4/c1-14-11-18(28-24(30)15(2)32-22-10-7-17(26)13-19(22)27)8-9-20(14)29-25(31)23-12-16-5-3-4-6-21(16)33-23/h3-13,15H,1-2H3,(H,28,30)(H,29,31)/t15-/m1/s1. The zero-order valence-corrected chi connectivity index (χ0v) is 19.3. The number of furan rings is 1. The number of fused-ring (bicyclic) bond motifs is 1. The number of hydrogen-bond donors (Lipinski definition) is 2. The average molecular weight is 483 g/mol. The zero-order chi connectivity index (χ0) is 23.5. The van der Waals surface area contributed by atoms with Gasteiger partial charge in [0, 0.05) is 21.8 Å².